The molecule has 11 heteroatoms. The van der Waals surface area contributed by atoms with Crippen LogP contribution >= 0.6 is 15.9 Å². The topological polar surface area (TPSA) is 104 Å². The Kier molecular flexibility index (Phi) is 6.21. The molecule has 0 aromatic carbocycles. The summed E-state index contributed by atoms with van der Waals surface area (Å²) in [7, 11) is 0. The second kappa shape index (κ2) is 7.67. The maximum absolute atomic E-state index is 12.0. The molecule has 2 aromatic heterocycles. The van der Waals surface area contributed by atoms with Gasteiger partial charge in [-0.3, -0.25) is 0 Å². The Morgan fingerprint density at radius 1 is 0.952 bits per heavy atom. The van der Waals surface area contributed by atoms with E-state index >= 15 is 0 Å². The zero-order valence-corrected chi connectivity index (χ0v) is 11.8. The summed E-state index contributed by atoms with van der Waals surface area (Å²) in [5, 5.41) is 0. The Morgan fingerprint density at radius 3 is 2.00 bits per heavy atom. The Hall–Kier alpha value is -2.04. The van der Waals surface area contributed by atoms with Crippen LogP contribution < -0.4 is 11.5 Å². The molecule has 0 radical (unpaired) electrons. The van der Waals surface area contributed by atoms with Crippen molar-refractivity contribution in [1.29, 1.82) is 0 Å². The van der Waals surface area contributed by atoms with Crippen molar-refractivity contribution in [3.8, 4) is 0 Å². The average molecular weight is 369 g/mol. The normalized spacial score (nSPS) is 10.4. The molecular weight excluding hydrogens is 360 g/mol. The summed E-state index contributed by atoms with van der Waals surface area (Å²) in [6.45, 7) is 0. The lowest BCUT2D eigenvalue weighted by atomic mass is 10.4. The third-order valence-corrected chi connectivity index (χ3v) is 2.53. The first-order valence-electron chi connectivity index (χ1n) is 5.24. The summed E-state index contributed by atoms with van der Waals surface area (Å²) in [4.78, 5) is 13.6. The van der Waals surface area contributed by atoms with Gasteiger partial charge in [-0.1, -0.05) is 0 Å². The van der Waals surface area contributed by atoms with E-state index in [1.54, 1.807) is 0 Å². The van der Waals surface area contributed by atoms with Crippen LogP contribution in [0.15, 0.2) is 22.9 Å². The molecule has 6 nitrogen and oxygen atoms in total. The number of hydrogen-bond acceptors (Lipinski definition) is 6. The van der Waals surface area contributed by atoms with Crippen LogP contribution in [0.2, 0.25) is 0 Å². The van der Waals surface area contributed by atoms with Gasteiger partial charge < -0.3 is 11.5 Å². The lowest BCUT2D eigenvalue weighted by molar-refractivity contribution is 0.145. The van der Waals surface area contributed by atoms with Crippen LogP contribution in [0.1, 0.15) is 24.2 Å². The van der Waals surface area contributed by atoms with Crippen molar-refractivity contribution in [3.05, 3.63) is 34.3 Å². The van der Waals surface area contributed by atoms with Crippen molar-refractivity contribution in [2.75, 3.05) is 11.5 Å². The van der Waals surface area contributed by atoms with E-state index in [0.29, 0.717) is 0 Å². The molecule has 0 spiro atoms. The van der Waals surface area contributed by atoms with Gasteiger partial charge in [-0.05, 0) is 22.0 Å². The molecular formula is C10H9BrF4N6. The van der Waals surface area contributed by atoms with Crippen molar-refractivity contribution in [3.63, 3.8) is 0 Å². The summed E-state index contributed by atoms with van der Waals surface area (Å²) in [5.74, 6) is -0.277. The van der Waals surface area contributed by atoms with E-state index < -0.39 is 12.9 Å². The van der Waals surface area contributed by atoms with Crippen LogP contribution in [0.4, 0.5) is 29.5 Å². The van der Waals surface area contributed by atoms with Crippen LogP contribution in [0, 0.1) is 0 Å². The lowest BCUT2D eigenvalue weighted by Gasteiger charge is -2.00. The molecule has 0 unspecified atom stereocenters. The van der Waals surface area contributed by atoms with Crippen molar-refractivity contribution in [2.45, 2.75) is 12.9 Å². The fourth-order valence-electron chi connectivity index (χ4n) is 1.06. The monoisotopic (exact) mass is 368 g/mol. The maximum Gasteiger partial charge on any atom is 0.281 e. The van der Waals surface area contributed by atoms with Crippen LogP contribution in [0.25, 0.3) is 0 Å². The number of nitrogens with two attached hydrogens (primary N) is 2. The number of rotatable bonds is 2. The Bertz CT molecular complexity index is 598. The predicted octanol–water partition coefficient (Wildman–Crippen LogP) is 2.76. The van der Waals surface area contributed by atoms with Gasteiger partial charge in [0.15, 0.2) is 0 Å². The van der Waals surface area contributed by atoms with Crippen molar-refractivity contribution < 1.29 is 17.6 Å². The summed E-state index contributed by atoms with van der Waals surface area (Å²) in [6, 6.07) is 1.13. The van der Waals surface area contributed by atoms with Gasteiger partial charge in [-0.25, -0.2) is 37.5 Å². The molecule has 4 N–H and O–H groups in total. The molecule has 0 saturated heterocycles. The second-order valence-corrected chi connectivity index (χ2v) is 4.26. The molecule has 114 valence electrons. The zero-order chi connectivity index (χ0) is 16.0. The fourth-order valence-corrected chi connectivity index (χ4v) is 1.42. The Balaban J connectivity index is 0.000000211. The highest BCUT2D eigenvalue weighted by molar-refractivity contribution is 9.10. The number of aromatic nitrogens is 4. The molecule has 2 heterocycles. The Labute approximate surface area is 124 Å². The average Bonchev–Trinajstić information content (AvgIpc) is 2.42. The molecule has 21 heavy (non-hydrogen) atoms. The molecule has 0 aliphatic carbocycles. The van der Waals surface area contributed by atoms with E-state index in [1.165, 1.54) is 12.4 Å². The SMILES string of the molecule is Nc1ncc(Br)c(C(F)F)n1.Nc1nccc(C(F)F)n1. The van der Waals surface area contributed by atoms with E-state index in [0.717, 1.165) is 6.07 Å². The largest absolute Gasteiger partial charge is 0.368 e. The van der Waals surface area contributed by atoms with Gasteiger partial charge in [0.05, 0.1) is 4.47 Å². The molecule has 0 aliphatic heterocycles. The second-order valence-electron chi connectivity index (χ2n) is 3.40. The van der Waals surface area contributed by atoms with Crippen molar-refractivity contribution in [2.24, 2.45) is 0 Å². The molecule has 2 rings (SSSR count). The number of alkyl halides is 4. The standard InChI is InChI=1S/C5H4BrF2N3.C5H5F2N3/c6-2-1-10-5(9)11-3(2)4(7)8;6-4(7)3-1-2-9-5(8)10-3/h1,4H,(H2,9,10,11);1-2,4H,(H2,8,9,10). The minimum absolute atomic E-state index is 0.127. The van der Waals surface area contributed by atoms with E-state index in [2.05, 4.69) is 35.9 Å². The number of nitrogens with zero attached hydrogens (tertiary/aromatic N) is 4. The summed E-state index contributed by atoms with van der Waals surface area (Å²) in [5.41, 5.74) is 9.41. The van der Waals surface area contributed by atoms with E-state index in [4.69, 9.17) is 11.5 Å². The third-order valence-electron chi connectivity index (χ3n) is 1.92. The molecule has 0 aliphatic rings. The van der Waals surface area contributed by atoms with Gasteiger partial charge in [0, 0.05) is 12.4 Å². The van der Waals surface area contributed by atoms with Crippen LogP contribution in [-0.2, 0) is 0 Å². The van der Waals surface area contributed by atoms with Gasteiger partial charge in [-0.2, -0.15) is 0 Å². The number of nitrogen functional groups attached to an aromatic ring is 2. The van der Waals surface area contributed by atoms with Gasteiger partial charge in [0.1, 0.15) is 11.4 Å². The summed E-state index contributed by atoms with van der Waals surface area (Å²) >= 11 is 2.87. The van der Waals surface area contributed by atoms with E-state index in [1.807, 2.05) is 0 Å². The molecule has 0 fully saturated rings. The van der Waals surface area contributed by atoms with Gasteiger partial charge in [0.2, 0.25) is 11.9 Å². The first-order valence-corrected chi connectivity index (χ1v) is 6.03. The molecule has 0 amide bonds. The van der Waals surface area contributed by atoms with Crippen molar-refractivity contribution in [1.82, 2.24) is 19.9 Å². The number of hydrogen-bond donors (Lipinski definition) is 2. The van der Waals surface area contributed by atoms with Gasteiger partial charge in [0.25, 0.3) is 12.9 Å². The highest BCUT2D eigenvalue weighted by Crippen LogP contribution is 2.24. The molecule has 0 atom stereocenters. The maximum atomic E-state index is 12.0. The minimum Gasteiger partial charge on any atom is -0.368 e. The molecule has 0 bridgehead atoms. The highest BCUT2D eigenvalue weighted by atomic mass is 79.9. The minimum atomic E-state index is -2.63. The van der Waals surface area contributed by atoms with E-state index in [9.17, 15) is 17.6 Å². The quantitative estimate of drug-likeness (QED) is 0.789. The predicted molar refractivity (Wildman–Crippen MR) is 70.5 cm³/mol. The highest BCUT2D eigenvalue weighted by Gasteiger charge is 2.13. The van der Waals surface area contributed by atoms with Gasteiger partial charge >= 0.3 is 0 Å². The molecule has 2 aromatic rings. The fraction of sp³-hybridized carbons (Fsp3) is 0.200. The first kappa shape index (κ1) is 17.0. The van der Waals surface area contributed by atoms with Gasteiger partial charge in [-0.15, -0.1) is 0 Å². The number of halogens is 5. The Morgan fingerprint density at radius 2 is 1.57 bits per heavy atom. The third kappa shape index (κ3) is 5.45. The lowest BCUT2D eigenvalue weighted by Crippen LogP contribution is -1.99. The zero-order valence-electron chi connectivity index (χ0n) is 10.2. The summed E-state index contributed by atoms with van der Waals surface area (Å²) in [6.07, 6.45) is -2.81. The van der Waals surface area contributed by atoms with Crippen LogP contribution in [-0.4, -0.2) is 19.9 Å². The van der Waals surface area contributed by atoms with Crippen molar-refractivity contribution >= 4 is 27.8 Å². The molecule has 0 saturated carbocycles. The summed E-state index contributed by atoms with van der Waals surface area (Å²) < 4.78 is 47.8. The number of anilines is 2. The van der Waals surface area contributed by atoms with Crippen LogP contribution in [0.3, 0.4) is 0 Å². The first-order chi connectivity index (χ1) is 9.81. The van der Waals surface area contributed by atoms with Crippen LogP contribution in [0.5, 0.6) is 0 Å². The smallest absolute Gasteiger partial charge is 0.281 e. The van der Waals surface area contributed by atoms with E-state index in [-0.39, 0.29) is 27.8 Å².